The molecular weight excluding hydrogens is 422 g/mol. The molecule has 1 aliphatic heterocycles. The predicted molar refractivity (Wildman–Crippen MR) is 135 cm³/mol. The highest BCUT2D eigenvalue weighted by Gasteiger charge is 2.53. The number of pyridine rings is 2. The Morgan fingerprint density at radius 1 is 0.971 bits per heavy atom. The van der Waals surface area contributed by atoms with Crippen LogP contribution in [0.25, 0.3) is 27.9 Å². The fourth-order valence-corrected chi connectivity index (χ4v) is 5.01. The summed E-state index contributed by atoms with van der Waals surface area (Å²) in [5, 5.41) is 11.6. The Kier molecular flexibility index (Phi) is 4.41. The number of fused-ring (bicyclic) bond motifs is 2. The highest BCUT2D eigenvalue weighted by molar-refractivity contribution is 6.02. The van der Waals surface area contributed by atoms with Crippen LogP contribution < -0.4 is 16.0 Å². The normalized spacial score (nSPS) is 22.1. The second-order valence-electron chi connectivity index (χ2n) is 9.03. The number of benzene rings is 1. The summed E-state index contributed by atoms with van der Waals surface area (Å²) in [6.45, 7) is 2.14. The van der Waals surface area contributed by atoms with Crippen LogP contribution in [0.15, 0.2) is 79.3 Å². The van der Waals surface area contributed by atoms with Crippen molar-refractivity contribution < 1.29 is 0 Å². The summed E-state index contributed by atoms with van der Waals surface area (Å²) in [6, 6.07) is 14.4. The van der Waals surface area contributed by atoms with E-state index in [1.807, 2.05) is 60.9 Å². The second kappa shape index (κ2) is 7.74. The summed E-state index contributed by atoms with van der Waals surface area (Å²) in [4.78, 5) is 18.9. The Bertz CT molecular complexity index is 1450. The van der Waals surface area contributed by atoms with E-state index in [-0.39, 0.29) is 0 Å². The molecule has 2 unspecified atom stereocenters. The van der Waals surface area contributed by atoms with E-state index in [1.54, 1.807) is 6.20 Å². The van der Waals surface area contributed by atoms with E-state index in [2.05, 4.69) is 38.1 Å². The molecule has 1 saturated heterocycles. The average molecular weight is 446 g/mol. The quantitative estimate of drug-likeness (QED) is 0.405. The van der Waals surface area contributed by atoms with Gasteiger partial charge in [0.05, 0.1) is 17.1 Å². The monoisotopic (exact) mass is 445 g/mol. The van der Waals surface area contributed by atoms with E-state index in [4.69, 9.17) is 9.97 Å². The minimum atomic E-state index is 0.451. The van der Waals surface area contributed by atoms with Gasteiger partial charge in [0, 0.05) is 48.3 Å². The van der Waals surface area contributed by atoms with Gasteiger partial charge in [-0.3, -0.25) is 4.98 Å². The van der Waals surface area contributed by atoms with E-state index in [9.17, 15) is 0 Å². The van der Waals surface area contributed by atoms with Gasteiger partial charge < -0.3 is 16.0 Å². The molecule has 7 nitrogen and oxygen atoms in total. The SMILES string of the molecule is C1=CC(c2cncc3nc(-c4ccnc(Nc5ccccc5)c4)nc(NC4C5CNC[C@H]54)c23)=C1. The summed E-state index contributed by atoms with van der Waals surface area (Å²) < 4.78 is 0. The first kappa shape index (κ1) is 19.4. The lowest BCUT2D eigenvalue weighted by Gasteiger charge is -2.17. The molecule has 4 aromatic rings. The maximum Gasteiger partial charge on any atom is 0.162 e. The average Bonchev–Trinajstić information content (AvgIpc) is 3.23. The lowest BCUT2D eigenvalue weighted by atomic mass is 9.97. The topological polar surface area (TPSA) is 87.7 Å². The highest BCUT2D eigenvalue weighted by atomic mass is 15.1. The predicted octanol–water partition coefficient (Wildman–Crippen LogP) is 4.41. The minimum Gasteiger partial charge on any atom is -0.366 e. The van der Waals surface area contributed by atoms with Crippen LogP contribution in [0.5, 0.6) is 0 Å². The first-order valence-corrected chi connectivity index (χ1v) is 11.6. The molecule has 4 heterocycles. The van der Waals surface area contributed by atoms with Gasteiger partial charge in [0.1, 0.15) is 11.6 Å². The van der Waals surface area contributed by atoms with Gasteiger partial charge in [0.2, 0.25) is 0 Å². The van der Waals surface area contributed by atoms with Crippen LogP contribution in [-0.2, 0) is 0 Å². The van der Waals surface area contributed by atoms with E-state index in [1.165, 1.54) is 0 Å². The van der Waals surface area contributed by atoms with Crippen molar-refractivity contribution in [3.8, 4) is 11.4 Å². The third-order valence-corrected chi connectivity index (χ3v) is 6.93. The molecule has 7 heteroatoms. The molecule has 3 aliphatic rings. The maximum absolute atomic E-state index is 5.05. The summed E-state index contributed by atoms with van der Waals surface area (Å²) in [6.07, 6.45) is 11.8. The van der Waals surface area contributed by atoms with Gasteiger partial charge in [0.25, 0.3) is 0 Å². The minimum absolute atomic E-state index is 0.451. The van der Waals surface area contributed by atoms with E-state index in [0.717, 1.165) is 58.0 Å². The fraction of sp³-hybridized carbons (Fsp3) is 0.185. The Hall–Kier alpha value is -4.10. The molecule has 0 radical (unpaired) electrons. The standard InChI is InChI=1S/C27H23N7/c1-2-7-18(8-3-1)31-23-11-17(9-10-30-23)26-32-22-15-29-12-19(16-5-4-6-16)24(22)27(34-26)33-25-20-13-28-14-21(20)25/h1-12,15,20-21,25,28H,13-14H2,(H,30,31)(H,32,33,34)/t20-,21?,25?/m1/s1. The molecule has 7 rings (SSSR count). The second-order valence-corrected chi connectivity index (χ2v) is 9.03. The summed E-state index contributed by atoms with van der Waals surface area (Å²) in [7, 11) is 0. The fourth-order valence-electron chi connectivity index (χ4n) is 5.01. The number of hydrogen-bond acceptors (Lipinski definition) is 7. The molecular formula is C27H23N7. The van der Waals surface area contributed by atoms with Crippen molar-refractivity contribution in [2.24, 2.45) is 11.8 Å². The van der Waals surface area contributed by atoms with Gasteiger partial charge in [-0.15, -0.1) is 0 Å². The molecule has 3 aromatic heterocycles. The molecule has 0 amide bonds. The summed E-state index contributed by atoms with van der Waals surface area (Å²) in [5.41, 5.74) is 4.96. The molecule has 0 bridgehead atoms. The molecule has 2 fully saturated rings. The lowest BCUT2D eigenvalue weighted by Crippen LogP contribution is -2.22. The third-order valence-electron chi connectivity index (χ3n) is 6.93. The number of rotatable bonds is 6. The third kappa shape index (κ3) is 3.33. The van der Waals surface area contributed by atoms with Crippen LogP contribution in [0, 0.1) is 11.8 Å². The van der Waals surface area contributed by atoms with E-state index < -0.39 is 0 Å². The zero-order valence-corrected chi connectivity index (χ0v) is 18.4. The van der Waals surface area contributed by atoms with Crippen molar-refractivity contribution in [3.05, 3.63) is 84.8 Å². The molecule has 3 atom stereocenters. The van der Waals surface area contributed by atoms with Crippen LogP contribution in [0.2, 0.25) is 0 Å². The van der Waals surface area contributed by atoms with Crippen molar-refractivity contribution in [3.63, 3.8) is 0 Å². The molecule has 3 N–H and O–H groups in total. The molecule has 1 saturated carbocycles. The Morgan fingerprint density at radius 3 is 2.62 bits per heavy atom. The van der Waals surface area contributed by atoms with Gasteiger partial charge >= 0.3 is 0 Å². The number of nitrogens with zero attached hydrogens (tertiary/aromatic N) is 4. The van der Waals surface area contributed by atoms with Crippen molar-refractivity contribution in [1.29, 1.82) is 0 Å². The van der Waals surface area contributed by atoms with Gasteiger partial charge in [0.15, 0.2) is 5.82 Å². The molecule has 2 aliphatic carbocycles. The van der Waals surface area contributed by atoms with Crippen LogP contribution in [0.1, 0.15) is 5.56 Å². The Morgan fingerprint density at radius 2 is 1.82 bits per heavy atom. The number of hydrogen-bond donors (Lipinski definition) is 3. The van der Waals surface area contributed by atoms with Crippen molar-refractivity contribution in [2.75, 3.05) is 23.7 Å². The van der Waals surface area contributed by atoms with Gasteiger partial charge in [-0.25, -0.2) is 15.0 Å². The number of aromatic nitrogens is 4. The van der Waals surface area contributed by atoms with Crippen molar-refractivity contribution >= 4 is 33.8 Å². The summed E-state index contributed by atoms with van der Waals surface area (Å²) >= 11 is 0. The number of piperidine rings is 1. The smallest absolute Gasteiger partial charge is 0.162 e. The lowest BCUT2D eigenvalue weighted by molar-refractivity contribution is 0.696. The number of nitrogens with one attached hydrogen (secondary N) is 3. The molecule has 1 aromatic carbocycles. The first-order valence-electron chi connectivity index (χ1n) is 11.6. The highest BCUT2D eigenvalue weighted by Crippen LogP contribution is 2.45. The number of allylic oxidation sites excluding steroid dienone is 4. The first-order chi connectivity index (χ1) is 16.8. The van der Waals surface area contributed by atoms with Crippen LogP contribution in [0.3, 0.4) is 0 Å². The number of anilines is 3. The zero-order valence-electron chi connectivity index (χ0n) is 18.4. The maximum atomic E-state index is 5.05. The molecule has 0 spiro atoms. The molecule has 34 heavy (non-hydrogen) atoms. The van der Waals surface area contributed by atoms with E-state index >= 15 is 0 Å². The Labute approximate surface area is 197 Å². The van der Waals surface area contributed by atoms with Gasteiger partial charge in [-0.1, -0.05) is 36.4 Å². The van der Waals surface area contributed by atoms with Gasteiger partial charge in [-0.2, -0.15) is 0 Å². The van der Waals surface area contributed by atoms with E-state index in [0.29, 0.717) is 23.7 Å². The number of para-hydroxylation sites is 1. The largest absolute Gasteiger partial charge is 0.366 e. The zero-order chi connectivity index (χ0) is 22.5. The van der Waals surface area contributed by atoms with Crippen molar-refractivity contribution in [1.82, 2.24) is 25.3 Å². The van der Waals surface area contributed by atoms with Crippen LogP contribution in [-0.4, -0.2) is 39.1 Å². The van der Waals surface area contributed by atoms with Crippen LogP contribution >= 0.6 is 0 Å². The van der Waals surface area contributed by atoms with Gasteiger partial charge in [-0.05, 0) is 41.7 Å². The van der Waals surface area contributed by atoms with Crippen LogP contribution in [0.4, 0.5) is 17.3 Å². The Balaban J connectivity index is 1.31. The molecule has 166 valence electrons. The summed E-state index contributed by atoms with van der Waals surface area (Å²) in [5.74, 6) is 3.64. The van der Waals surface area contributed by atoms with Crippen molar-refractivity contribution in [2.45, 2.75) is 6.04 Å².